The van der Waals surface area contributed by atoms with Crippen LogP contribution in [0.25, 0.3) is 0 Å². The second kappa shape index (κ2) is 6.18. The van der Waals surface area contributed by atoms with Crippen LogP contribution in [0.5, 0.6) is 0 Å². The molecule has 0 aromatic rings. The zero-order valence-corrected chi connectivity index (χ0v) is 10.9. The average molecular weight is 277 g/mol. The molecule has 4 heteroatoms. The molecule has 2 heterocycles. The fourth-order valence-corrected chi connectivity index (χ4v) is 2.79. The van der Waals surface area contributed by atoms with E-state index in [-0.39, 0.29) is 0 Å². The molecule has 15 heavy (non-hydrogen) atoms. The topological polar surface area (TPSA) is 15.7 Å². The van der Waals surface area contributed by atoms with E-state index in [2.05, 4.69) is 25.7 Å². The lowest BCUT2D eigenvalue weighted by Crippen LogP contribution is -2.44. The maximum atomic E-state index is 5.39. The summed E-state index contributed by atoms with van der Waals surface area (Å²) in [5.74, 6) is 0. The smallest absolute Gasteiger partial charge is 0.0594 e. The first-order chi connectivity index (χ1) is 7.40. The molecule has 0 saturated carbocycles. The Morgan fingerprint density at radius 3 is 2.73 bits per heavy atom. The van der Waals surface area contributed by atoms with Crippen molar-refractivity contribution in [2.75, 3.05) is 51.3 Å². The zero-order valence-electron chi connectivity index (χ0n) is 9.33. The third-order valence-corrected chi connectivity index (χ3v) is 3.98. The van der Waals surface area contributed by atoms with Gasteiger partial charge in [0.15, 0.2) is 0 Å². The van der Waals surface area contributed by atoms with Crippen molar-refractivity contribution in [2.24, 2.45) is 0 Å². The lowest BCUT2D eigenvalue weighted by Gasteiger charge is -2.32. The Labute approximate surface area is 101 Å². The molecular weight excluding hydrogens is 256 g/mol. The van der Waals surface area contributed by atoms with E-state index in [0.29, 0.717) is 0 Å². The number of hydrogen-bond acceptors (Lipinski definition) is 3. The Kier molecular flexibility index (Phi) is 4.88. The van der Waals surface area contributed by atoms with E-state index >= 15 is 0 Å². The van der Waals surface area contributed by atoms with Crippen molar-refractivity contribution in [3.05, 3.63) is 0 Å². The van der Waals surface area contributed by atoms with Gasteiger partial charge < -0.3 is 9.64 Å². The summed E-state index contributed by atoms with van der Waals surface area (Å²) in [6.45, 7) is 7.94. The summed E-state index contributed by atoms with van der Waals surface area (Å²) in [4.78, 5) is 5.21. The van der Waals surface area contributed by atoms with E-state index in [9.17, 15) is 0 Å². The van der Waals surface area contributed by atoms with Crippen LogP contribution in [0.15, 0.2) is 0 Å². The third kappa shape index (κ3) is 3.41. The Morgan fingerprint density at radius 2 is 2.00 bits per heavy atom. The summed E-state index contributed by atoms with van der Waals surface area (Å²) in [5, 5.41) is 1.13. The number of hydrogen-bond donors (Lipinski definition) is 0. The van der Waals surface area contributed by atoms with Crippen molar-refractivity contribution >= 4 is 15.9 Å². The Bertz CT molecular complexity index is 185. The molecule has 88 valence electrons. The van der Waals surface area contributed by atoms with E-state index in [1.165, 1.54) is 32.5 Å². The van der Waals surface area contributed by atoms with Crippen LogP contribution in [0.2, 0.25) is 0 Å². The second-order valence-corrected chi connectivity index (χ2v) is 5.23. The number of alkyl halides is 1. The summed E-state index contributed by atoms with van der Waals surface area (Å²) in [6, 6.07) is 0.796. The highest BCUT2D eigenvalue weighted by Crippen LogP contribution is 2.17. The number of rotatable bonds is 4. The minimum atomic E-state index is 0.796. The minimum absolute atomic E-state index is 0.796. The maximum Gasteiger partial charge on any atom is 0.0594 e. The van der Waals surface area contributed by atoms with E-state index in [0.717, 1.165) is 37.7 Å². The number of halogens is 1. The summed E-state index contributed by atoms with van der Waals surface area (Å²) in [5.41, 5.74) is 0. The van der Waals surface area contributed by atoms with Gasteiger partial charge in [0.25, 0.3) is 0 Å². The fourth-order valence-electron chi connectivity index (χ4n) is 2.54. The van der Waals surface area contributed by atoms with E-state index in [1.54, 1.807) is 0 Å². The third-order valence-electron chi connectivity index (χ3n) is 3.42. The molecule has 0 spiro atoms. The maximum absolute atomic E-state index is 5.39. The van der Waals surface area contributed by atoms with Crippen LogP contribution in [-0.2, 0) is 4.74 Å². The Balaban J connectivity index is 1.71. The molecule has 2 aliphatic rings. The molecule has 3 nitrogen and oxygen atoms in total. The number of nitrogens with zero attached hydrogens (tertiary/aromatic N) is 2. The van der Waals surface area contributed by atoms with E-state index in [1.807, 2.05) is 0 Å². The summed E-state index contributed by atoms with van der Waals surface area (Å²) in [6.07, 6.45) is 2.62. The van der Waals surface area contributed by atoms with Gasteiger partial charge >= 0.3 is 0 Å². The van der Waals surface area contributed by atoms with Crippen LogP contribution in [0.3, 0.4) is 0 Å². The largest absolute Gasteiger partial charge is 0.379 e. The van der Waals surface area contributed by atoms with Gasteiger partial charge in [-0.2, -0.15) is 0 Å². The lowest BCUT2D eigenvalue weighted by molar-refractivity contribution is 0.0185. The highest BCUT2D eigenvalue weighted by atomic mass is 79.9. The van der Waals surface area contributed by atoms with Crippen molar-refractivity contribution in [3.8, 4) is 0 Å². The molecule has 0 aliphatic carbocycles. The molecule has 0 N–H and O–H groups in total. The number of morpholine rings is 1. The predicted octanol–water partition coefficient (Wildman–Crippen LogP) is 1.18. The molecule has 2 fully saturated rings. The molecule has 2 aliphatic heterocycles. The SMILES string of the molecule is BrCCCN1CCC(N2CCOCC2)C1. The van der Waals surface area contributed by atoms with Crippen molar-refractivity contribution in [3.63, 3.8) is 0 Å². The highest BCUT2D eigenvalue weighted by Gasteiger charge is 2.27. The Morgan fingerprint density at radius 1 is 1.20 bits per heavy atom. The molecule has 0 radical (unpaired) electrons. The molecule has 0 aromatic heterocycles. The van der Waals surface area contributed by atoms with Crippen molar-refractivity contribution in [1.82, 2.24) is 9.80 Å². The van der Waals surface area contributed by atoms with E-state index in [4.69, 9.17) is 4.74 Å². The van der Waals surface area contributed by atoms with Gasteiger partial charge in [0.1, 0.15) is 0 Å². The molecule has 0 aromatic carbocycles. The van der Waals surface area contributed by atoms with Gasteiger partial charge in [-0.1, -0.05) is 15.9 Å². The van der Waals surface area contributed by atoms with Gasteiger partial charge in [-0.25, -0.2) is 0 Å². The van der Waals surface area contributed by atoms with Gasteiger partial charge in [-0.15, -0.1) is 0 Å². The normalized spacial score (nSPS) is 29.8. The van der Waals surface area contributed by atoms with Gasteiger partial charge in [-0.3, -0.25) is 4.90 Å². The Hall–Kier alpha value is 0.360. The highest BCUT2D eigenvalue weighted by molar-refractivity contribution is 9.09. The van der Waals surface area contributed by atoms with Crippen molar-refractivity contribution in [1.29, 1.82) is 0 Å². The summed E-state index contributed by atoms with van der Waals surface area (Å²) in [7, 11) is 0. The van der Waals surface area contributed by atoms with Crippen LogP contribution in [0.4, 0.5) is 0 Å². The first-order valence-electron chi connectivity index (χ1n) is 6.00. The van der Waals surface area contributed by atoms with Gasteiger partial charge in [0, 0.05) is 31.0 Å². The van der Waals surface area contributed by atoms with Crippen LogP contribution in [-0.4, -0.2) is 67.1 Å². The van der Waals surface area contributed by atoms with Crippen LogP contribution >= 0.6 is 15.9 Å². The fraction of sp³-hybridized carbons (Fsp3) is 1.00. The van der Waals surface area contributed by atoms with Crippen LogP contribution in [0, 0.1) is 0 Å². The molecule has 1 unspecified atom stereocenters. The monoisotopic (exact) mass is 276 g/mol. The van der Waals surface area contributed by atoms with Gasteiger partial charge in [0.05, 0.1) is 13.2 Å². The van der Waals surface area contributed by atoms with Crippen LogP contribution in [0.1, 0.15) is 12.8 Å². The minimum Gasteiger partial charge on any atom is -0.379 e. The predicted molar refractivity (Wildman–Crippen MR) is 65.6 cm³/mol. The standard InChI is InChI=1S/C11H21BrN2O/c12-3-1-4-13-5-2-11(10-13)14-6-8-15-9-7-14/h11H,1-10H2. The average Bonchev–Trinajstić information content (AvgIpc) is 2.76. The summed E-state index contributed by atoms with van der Waals surface area (Å²) < 4.78 is 5.39. The van der Waals surface area contributed by atoms with Crippen molar-refractivity contribution < 1.29 is 4.74 Å². The molecule has 2 rings (SSSR count). The number of ether oxygens (including phenoxy) is 1. The molecular formula is C11H21BrN2O. The molecule has 0 bridgehead atoms. The van der Waals surface area contributed by atoms with Crippen LogP contribution < -0.4 is 0 Å². The zero-order chi connectivity index (χ0) is 10.5. The first kappa shape index (κ1) is 11.8. The van der Waals surface area contributed by atoms with Crippen molar-refractivity contribution in [2.45, 2.75) is 18.9 Å². The lowest BCUT2D eigenvalue weighted by atomic mass is 10.2. The molecule has 0 amide bonds. The van der Waals surface area contributed by atoms with E-state index < -0.39 is 0 Å². The van der Waals surface area contributed by atoms with Gasteiger partial charge in [-0.05, 0) is 25.9 Å². The summed E-state index contributed by atoms with van der Waals surface area (Å²) >= 11 is 3.49. The quantitative estimate of drug-likeness (QED) is 0.718. The van der Waals surface area contributed by atoms with Gasteiger partial charge in [0.2, 0.25) is 0 Å². The number of likely N-dealkylation sites (tertiary alicyclic amines) is 1. The second-order valence-electron chi connectivity index (χ2n) is 4.43. The molecule has 1 atom stereocenters. The molecule has 2 saturated heterocycles. The first-order valence-corrected chi connectivity index (χ1v) is 7.12.